The van der Waals surface area contributed by atoms with Gasteiger partial charge in [0.25, 0.3) is 0 Å². The van der Waals surface area contributed by atoms with Crippen molar-refractivity contribution in [3.05, 3.63) is 72.9 Å². The summed E-state index contributed by atoms with van der Waals surface area (Å²) in [7, 11) is 0. The number of rotatable bonds is 44. The Kier molecular flexibility index (Phi) is 46.0. The second kappa shape index (κ2) is 48.5. The lowest BCUT2D eigenvalue weighted by atomic mass is 10.1. The van der Waals surface area contributed by atoms with E-state index in [1.165, 1.54) is 109 Å². The Morgan fingerprint density at radius 2 is 0.733 bits per heavy atom. The van der Waals surface area contributed by atoms with Crippen LogP contribution in [0.15, 0.2) is 72.9 Å². The summed E-state index contributed by atoms with van der Waals surface area (Å²) in [6, 6.07) is 0. The van der Waals surface area contributed by atoms with E-state index in [2.05, 4.69) is 93.7 Å². The lowest BCUT2D eigenvalue weighted by Crippen LogP contribution is -2.30. The molecule has 0 N–H and O–H groups in total. The van der Waals surface area contributed by atoms with Gasteiger partial charge >= 0.3 is 17.9 Å². The molecule has 0 aromatic carbocycles. The topological polar surface area (TPSA) is 78.9 Å². The van der Waals surface area contributed by atoms with Crippen molar-refractivity contribution < 1.29 is 28.6 Å². The highest BCUT2D eigenvalue weighted by atomic mass is 16.6. The van der Waals surface area contributed by atoms with Gasteiger partial charge in [0.1, 0.15) is 13.2 Å². The number of hydrogen-bond acceptors (Lipinski definition) is 6. The number of unbranched alkanes of at least 4 members (excludes halogenated alkanes) is 23. The van der Waals surface area contributed by atoms with Gasteiger partial charge in [0.2, 0.25) is 0 Å². The van der Waals surface area contributed by atoms with Crippen molar-refractivity contribution in [2.75, 3.05) is 13.2 Å². The predicted octanol–water partition coefficient (Wildman–Crippen LogP) is 16.3. The Bertz CT molecular complexity index is 1140. The number of ether oxygens (including phenoxy) is 3. The van der Waals surface area contributed by atoms with Crippen molar-refractivity contribution >= 4 is 17.9 Å². The normalized spacial score (nSPS) is 12.7. The number of carbonyl (C=O) groups is 3. The molecule has 344 valence electrons. The Hall–Kier alpha value is -3.15. The third kappa shape index (κ3) is 45.9. The molecule has 0 rings (SSSR count). The van der Waals surface area contributed by atoms with E-state index < -0.39 is 6.10 Å². The van der Waals surface area contributed by atoms with Crippen molar-refractivity contribution in [3.63, 3.8) is 0 Å². The van der Waals surface area contributed by atoms with Gasteiger partial charge < -0.3 is 14.2 Å². The van der Waals surface area contributed by atoms with Crippen LogP contribution >= 0.6 is 0 Å². The van der Waals surface area contributed by atoms with E-state index in [-0.39, 0.29) is 37.5 Å². The van der Waals surface area contributed by atoms with Crippen molar-refractivity contribution in [1.82, 2.24) is 0 Å². The zero-order valence-corrected chi connectivity index (χ0v) is 39.2. The molecule has 0 radical (unpaired) electrons. The number of allylic oxidation sites excluding steroid dienone is 12. The smallest absolute Gasteiger partial charge is 0.306 e. The van der Waals surface area contributed by atoms with E-state index in [4.69, 9.17) is 14.2 Å². The van der Waals surface area contributed by atoms with Crippen molar-refractivity contribution in [1.29, 1.82) is 0 Å². The maximum absolute atomic E-state index is 12.8. The van der Waals surface area contributed by atoms with Gasteiger partial charge in [-0.15, -0.1) is 0 Å². The Labute approximate surface area is 370 Å². The molecule has 0 heterocycles. The quantitative estimate of drug-likeness (QED) is 0.0200. The molecule has 0 saturated carbocycles. The molecule has 0 bridgehead atoms. The van der Waals surface area contributed by atoms with Crippen molar-refractivity contribution in [2.24, 2.45) is 0 Å². The van der Waals surface area contributed by atoms with E-state index in [0.29, 0.717) is 19.3 Å². The standard InChI is InChI=1S/C54H92O6/c1-4-7-10-13-16-19-22-24-26-27-29-30-32-35-38-41-44-47-53(56)59-50-51(49-58-52(55)46-43-40-37-34-21-18-15-12-9-6-3)60-54(57)48-45-42-39-36-33-31-28-25-23-20-17-14-11-8-5-2/h8,11,14,17,20,23-24,26,29-30,35,38,51H,4-7,9-10,12-13,15-16,18-19,21-22,25,27-28,31-34,36-37,39-50H2,1-3H3/b11-8-,17-14-,23-20-,26-24-,30-29-,38-35-. The summed E-state index contributed by atoms with van der Waals surface area (Å²) in [5, 5.41) is 0. The van der Waals surface area contributed by atoms with Crippen LogP contribution in [0.5, 0.6) is 0 Å². The summed E-state index contributed by atoms with van der Waals surface area (Å²) in [6.07, 6.45) is 60.3. The third-order valence-corrected chi connectivity index (χ3v) is 10.5. The second-order valence-corrected chi connectivity index (χ2v) is 16.4. The van der Waals surface area contributed by atoms with E-state index in [1.54, 1.807) is 0 Å². The zero-order valence-electron chi connectivity index (χ0n) is 39.2. The highest BCUT2D eigenvalue weighted by Crippen LogP contribution is 2.14. The van der Waals surface area contributed by atoms with Crippen LogP contribution in [-0.4, -0.2) is 37.2 Å². The predicted molar refractivity (Wildman–Crippen MR) is 256 cm³/mol. The van der Waals surface area contributed by atoms with Gasteiger partial charge in [-0.1, -0.05) is 216 Å². The van der Waals surface area contributed by atoms with Gasteiger partial charge in [-0.05, 0) is 70.6 Å². The minimum absolute atomic E-state index is 0.0951. The fraction of sp³-hybridized carbons (Fsp3) is 0.722. The average Bonchev–Trinajstić information content (AvgIpc) is 3.24. The first-order chi connectivity index (χ1) is 29.5. The molecule has 0 aromatic heterocycles. The van der Waals surface area contributed by atoms with E-state index >= 15 is 0 Å². The van der Waals surface area contributed by atoms with Gasteiger partial charge in [-0.25, -0.2) is 0 Å². The zero-order chi connectivity index (χ0) is 43.7. The van der Waals surface area contributed by atoms with Crippen LogP contribution in [-0.2, 0) is 28.6 Å². The van der Waals surface area contributed by atoms with E-state index in [0.717, 1.165) is 77.0 Å². The average molecular weight is 837 g/mol. The molecule has 0 aliphatic carbocycles. The van der Waals surface area contributed by atoms with Crippen LogP contribution in [0, 0.1) is 0 Å². The van der Waals surface area contributed by atoms with Crippen LogP contribution < -0.4 is 0 Å². The summed E-state index contributed by atoms with van der Waals surface area (Å²) in [4.78, 5) is 37.8. The van der Waals surface area contributed by atoms with E-state index in [1.807, 2.05) is 0 Å². The molecule has 6 heteroatoms. The summed E-state index contributed by atoms with van der Waals surface area (Å²) in [5.41, 5.74) is 0. The molecule has 0 spiro atoms. The molecular formula is C54H92O6. The minimum atomic E-state index is -0.799. The largest absolute Gasteiger partial charge is 0.462 e. The SMILES string of the molecule is CC\C=C/C=C\C=C/CCCCCCCCCC(=O)OC(COC(=O)CCC/C=C\C/C=C\C/C=C\CCCCCCCC)COC(=O)CCCCCCCCCCCC. The van der Waals surface area contributed by atoms with Crippen LogP contribution in [0.3, 0.4) is 0 Å². The van der Waals surface area contributed by atoms with Gasteiger partial charge in [0, 0.05) is 19.3 Å². The lowest BCUT2D eigenvalue weighted by molar-refractivity contribution is -0.167. The molecular weight excluding hydrogens is 745 g/mol. The third-order valence-electron chi connectivity index (χ3n) is 10.5. The van der Waals surface area contributed by atoms with E-state index in [9.17, 15) is 14.4 Å². The Morgan fingerprint density at radius 3 is 1.22 bits per heavy atom. The molecule has 1 unspecified atom stereocenters. The maximum Gasteiger partial charge on any atom is 0.306 e. The van der Waals surface area contributed by atoms with Crippen LogP contribution in [0.2, 0.25) is 0 Å². The van der Waals surface area contributed by atoms with Crippen LogP contribution in [0.1, 0.15) is 233 Å². The second-order valence-electron chi connectivity index (χ2n) is 16.4. The van der Waals surface area contributed by atoms with Crippen molar-refractivity contribution in [2.45, 2.75) is 239 Å². The molecule has 60 heavy (non-hydrogen) atoms. The molecule has 0 fully saturated rings. The number of hydrogen-bond donors (Lipinski definition) is 0. The molecule has 0 saturated heterocycles. The summed E-state index contributed by atoms with van der Waals surface area (Å²) in [5.74, 6) is -0.964. The number of esters is 3. The molecule has 0 amide bonds. The summed E-state index contributed by atoms with van der Waals surface area (Å²) in [6.45, 7) is 6.43. The fourth-order valence-electron chi connectivity index (χ4n) is 6.75. The highest BCUT2D eigenvalue weighted by molar-refractivity contribution is 5.71. The monoisotopic (exact) mass is 837 g/mol. The van der Waals surface area contributed by atoms with Gasteiger partial charge in [-0.3, -0.25) is 14.4 Å². The molecule has 0 aromatic rings. The Balaban J connectivity index is 4.45. The Morgan fingerprint density at radius 1 is 0.367 bits per heavy atom. The van der Waals surface area contributed by atoms with Gasteiger partial charge in [0.15, 0.2) is 6.10 Å². The molecule has 0 aliphatic heterocycles. The fourth-order valence-corrected chi connectivity index (χ4v) is 6.75. The lowest BCUT2D eigenvalue weighted by Gasteiger charge is -2.18. The molecule has 6 nitrogen and oxygen atoms in total. The maximum atomic E-state index is 12.8. The minimum Gasteiger partial charge on any atom is -0.462 e. The first-order valence-electron chi connectivity index (χ1n) is 25.0. The molecule has 1 atom stereocenters. The van der Waals surface area contributed by atoms with Crippen LogP contribution in [0.4, 0.5) is 0 Å². The van der Waals surface area contributed by atoms with Crippen molar-refractivity contribution in [3.8, 4) is 0 Å². The van der Waals surface area contributed by atoms with Crippen LogP contribution in [0.25, 0.3) is 0 Å². The highest BCUT2D eigenvalue weighted by Gasteiger charge is 2.19. The summed E-state index contributed by atoms with van der Waals surface area (Å²) >= 11 is 0. The summed E-state index contributed by atoms with van der Waals surface area (Å²) < 4.78 is 16.7. The van der Waals surface area contributed by atoms with Gasteiger partial charge in [0.05, 0.1) is 0 Å². The first kappa shape index (κ1) is 56.9. The molecule has 0 aliphatic rings. The number of carbonyl (C=O) groups excluding carboxylic acids is 3. The first-order valence-corrected chi connectivity index (χ1v) is 25.0. The van der Waals surface area contributed by atoms with Gasteiger partial charge in [-0.2, -0.15) is 0 Å².